The number of hydrogen-bond donors (Lipinski definition) is 4. The van der Waals surface area contributed by atoms with Crippen molar-refractivity contribution in [2.24, 2.45) is 11.5 Å². The molecule has 0 aromatic heterocycles. The average Bonchev–Trinajstić information content (AvgIpc) is 1.59. The molecule has 0 aromatic rings. The molecular weight excluding hydrogens is 130 g/mol. The SMILES string of the molecule is CC(O)NC(C)(N)CCN. The largest absolute Gasteiger partial charge is 0.379 e. The molecule has 0 fully saturated rings. The van der Waals surface area contributed by atoms with Crippen LogP contribution in [0, 0.1) is 0 Å². The lowest BCUT2D eigenvalue weighted by Crippen LogP contribution is -2.55. The summed E-state index contributed by atoms with van der Waals surface area (Å²) < 4.78 is 0. The van der Waals surface area contributed by atoms with Crippen LogP contribution in [0.15, 0.2) is 0 Å². The summed E-state index contributed by atoms with van der Waals surface area (Å²) in [5, 5.41) is 11.7. The predicted octanol–water partition coefficient (Wildman–Crippen LogP) is -1.06. The third-order valence-corrected chi connectivity index (χ3v) is 1.20. The van der Waals surface area contributed by atoms with Crippen molar-refractivity contribution in [3.8, 4) is 0 Å². The van der Waals surface area contributed by atoms with E-state index in [9.17, 15) is 0 Å². The van der Waals surface area contributed by atoms with E-state index in [2.05, 4.69) is 5.32 Å². The van der Waals surface area contributed by atoms with Gasteiger partial charge in [0.2, 0.25) is 0 Å². The van der Waals surface area contributed by atoms with Gasteiger partial charge in [0, 0.05) is 0 Å². The van der Waals surface area contributed by atoms with Gasteiger partial charge in [0.15, 0.2) is 0 Å². The summed E-state index contributed by atoms with van der Waals surface area (Å²) in [4.78, 5) is 0. The Hall–Kier alpha value is -0.160. The molecule has 2 unspecified atom stereocenters. The minimum absolute atomic E-state index is 0.521. The molecule has 4 nitrogen and oxygen atoms in total. The molecule has 0 aliphatic rings. The van der Waals surface area contributed by atoms with E-state index in [1.54, 1.807) is 13.8 Å². The average molecular weight is 147 g/mol. The lowest BCUT2D eigenvalue weighted by molar-refractivity contribution is 0.111. The number of aliphatic hydroxyl groups excluding tert-OH is 1. The van der Waals surface area contributed by atoms with E-state index in [1.165, 1.54) is 0 Å². The number of hydrogen-bond acceptors (Lipinski definition) is 4. The molecule has 62 valence electrons. The number of aliphatic hydroxyl groups is 1. The van der Waals surface area contributed by atoms with Gasteiger partial charge in [-0.15, -0.1) is 0 Å². The lowest BCUT2D eigenvalue weighted by Gasteiger charge is -2.27. The van der Waals surface area contributed by atoms with E-state index < -0.39 is 11.9 Å². The topological polar surface area (TPSA) is 84.3 Å². The van der Waals surface area contributed by atoms with Crippen molar-refractivity contribution in [1.82, 2.24) is 5.32 Å². The zero-order valence-electron chi connectivity index (χ0n) is 6.59. The zero-order chi connectivity index (χ0) is 8.20. The van der Waals surface area contributed by atoms with E-state index in [1.807, 2.05) is 0 Å². The monoisotopic (exact) mass is 147 g/mol. The Morgan fingerprint density at radius 3 is 2.50 bits per heavy atom. The fraction of sp³-hybridized carbons (Fsp3) is 1.00. The molecule has 0 radical (unpaired) electrons. The number of nitrogens with two attached hydrogens (primary N) is 2. The fourth-order valence-corrected chi connectivity index (χ4v) is 0.849. The summed E-state index contributed by atoms with van der Waals surface area (Å²) in [5.41, 5.74) is 10.4. The van der Waals surface area contributed by atoms with Gasteiger partial charge in [-0.1, -0.05) is 0 Å². The summed E-state index contributed by atoms with van der Waals surface area (Å²) in [6.07, 6.45) is 0.0688. The van der Waals surface area contributed by atoms with Crippen LogP contribution in [0.4, 0.5) is 0 Å². The second-order valence-corrected chi connectivity index (χ2v) is 2.78. The zero-order valence-corrected chi connectivity index (χ0v) is 6.59. The summed E-state index contributed by atoms with van der Waals surface area (Å²) in [5.74, 6) is 0. The first-order chi connectivity index (χ1) is 4.48. The van der Waals surface area contributed by atoms with Gasteiger partial charge in [-0.25, -0.2) is 0 Å². The van der Waals surface area contributed by atoms with E-state index in [4.69, 9.17) is 16.6 Å². The predicted molar refractivity (Wildman–Crippen MR) is 41.1 cm³/mol. The summed E-state index contributed by atoms with van der Waals surface area (Å²) in [6, 6.07) is 0. The van der Waals surface area contributed by atoms with Gasteiger partial charge in [-0.05, 0) is 26.8 Å². The Morgan fingerprint density at radius 2 is 2.20 bits per heavy atom. The molecule has 0 rings (SSSR count). The van der Waals surface area contributed by atoms with Crippen LogP contribution < -0.4 is 16.8 Å². The summed E-state index contributed by atoms with van der Waals surface area (Å²) >= 11 is 0. The van der Waals surface area contributed by atoms with Crippen molar-refractivity contribution in [2.75, 3.05) is 6.54 Å². The highest BCUT2D eigenvalue weighted by Crippen LogP contribution is 1.99. The molecule has 0 aliphatic heterocycles. The van der Waals surface area contributed by atoms with Crippen molar-refractivity contribution in [1.29, 1.82) is 0 Å². The van der Waals surface area contributed by atoms with Gasteiger partial charge >= 0.3 is 0 Å². The van der Waals surface area contributed by atoms with E-state index >= 15 is 0 Å². The van der Waals surface area contributed by atoms with Crippen LogP contribution in [0.2, 0.25) is 0 Å². The molecule has 0 amide bonds. The molecule has 0 spiro atoms. The first kappa shape index (κ1) is 9.84. The smallest absolute Gasteiger partial charge is 0.103 e. The van der Waals surface area contributed by atoms with Crippen LogP contribution in [-0.4, -0.2) is 23.5 Å². The Morgan fingerprint density at radius 1 is 1.70 bits per heavy atom. The van der Waals surface area contributed by atoms with Crippen LogP contribution >= 0.6 is 0 Å². The normalized spacial score (nSPS) is 20.1. The van der Waals surface area contributed by atoms with Crippen molar-refractivity contribution < 1.29 is 5.11 Å². The highest BCUT2D eigenvalue weighted by atomic mass is 16.3. The summed E-state index contributed by atoms with van der Waals surface area (Å²) in [6.45, 7) is 3.95. The quantitative estimate of drug-likeness (QED) is 0.382. The highest BCUT2D eigenvalue weighted by molar-refractivity contribution is 4.75. The number of nitrogens with one attached hydrogen (secondary N) is 1. The first-order valence-electron chi connectivity index (χ1n) is 3.42. The van der Waals surface area contributed by atoms with E-state index in [0.29, 0.717) is 13.0 Å². The molecule has 0 saturated heterocycles. The van der Waals surface area contributed by atoms with Gasteiger partial charge in [0.1, 0.15) is 6.23 Å². The van der Waals surface area contributed by atoms with Crippen molar-refractivity contribution in [2.45, 2.75) is 32.2 Å². The fourth-order valence-electron chi connectivity index (χ4n) is 0.849. The third-order valence-electron chi connectivity index (χ3n) is 1.20. The van der Waals surface area contributed by atoms with E-state index in [-0.39, 0.29) is 0 Å². The van der Waals surface area contributed by atoms with Gasteiger partial charge in [-0.3, -0.25) is 5.32 Å². The minimum atomic E-state index is -0.582. The van der Waals surface area contributed by atoms with Crippen molar-refractivity contribution in [3.05, 3.63) is 0 Å². The summed E-state index contributed by atoms with van der Waals surface area (Å²) in [7, 11) is 0. The maximum atomic E-state index is 8.88. The van der Waals surface area contributed by atoms with Crippen LogP contribution in [0.5, 0.6) is 0 Å². The van der Waals surface area contributed by atoms with Gasteiger partial charge in [0.05, 0.1) is 5.66 Å². The highest BCUT2D eigenvalue weighted by Gasteiger charge is 2.17. The Bertz CT molecular complexity index is 93.0. The molecule has 10 heavy (non-hydrogen) atoms. The second-order valence-electron chi connectivity index (χ2n) is 2.78. The molecule has 0 aromatic carbocycles. The first-order valence-corrected chi connectivity index (χ1v) is 3.42. The van der Waals surface area contributed by atoms with Crippen molar-refractivity contribution >= 4 is 0 Å². The molecule has 0 aliphatic carbocycles. The van der Waals surface area contributed by atoms with Crippen LogP contribution in [0.3, 0.4) is 0 Å². The molecule has 2 atom stereocenters. The van der Waals surface area contributed by atoms with Crippen LogP contribution in [0.25, 0.3) is 0 Å². The molecule has 6 N–H and O–H groups in total. The maximum Gasteiger partial charge on any atom is 0.103 e. The standard InChI is InChI=1S/C6H17N3O/c1-5(10)9-6(2,8)3-4-7/h5,9-10H,3-4,7-8H2,1-2H3. The Balaban J connectivity index is 3.63. The Kier molecular flexibility index (Phi) is 3.81. The molecular formula is C6H17N3O. The Labute approximate surface area is 61.6 Å². The van der Waals surface area contributed by atoms with Crippen LogP contribution in [0.1, 0.15) is 20.3 Å². The second kappa shape index (κ2) is 3.88. The van der Waals surface area contributed by atoms with Gasteiger partial charge in [-0.2, -0.15) is 0 Å². The number of rotatable bonds is 4. The van der Waals surface area contributed by atoms with Gasteiger partial charge < -0.3 is 16.6 Å². The molecule has 0 heterocycles. The third kappa shape index (κ3) is 4.69. The van der Waals surface area contributed by atoms with Crippen molar-refractivity contribution in [3.63, 3.8) is 0 Å². The van der Waals surface area contributed by atoms with Gasteiger partial charge in [0.25, 0.3) is 0 Å². The minimum Gasteiger partial charge on any atom is -0.379 e. The molecule has 4 heteroatoms. The maximum absolute atomic E-state index is 8.88. The molecule has 0 saturated carbocycles. The molecule has 0 bridgehead atoms. The van der Waals surface area contributed by atoms with E-state index in [0.717, 1.165) is 0 Å². The van der Waals surface area contributed by atoms with Crippen LogP contribution in [-0.2, 0) is 0 Å². The lowest BCUT2D eigenvalue weighted by atomic mass is 10.1.